The number of benzene rings is 2. The Labute approximate surface area is 138 Å². The zero-order valence-electron chi connectivity index (χ0n) is 14.3. The van der Waals surface area contributed by atoms with Crippen molar-refractivity contribution in [3.63, 3.8) is 0 Å². The van der Waals surface area contributed by atoms with Gasteiger partial charge in [0.1, 0.15) is 11.5 Å². The maximum atomic E-state index is 5.37. The second-order valence-corrected chi connectivity index (χ2v) is 5.66. The van der Waals surface area contributed by atoms with Crippen molar-refractivity contribution in [1.82, 2.24) is 0 Å². The summed E-state index contributed by atoms with van der Waals surface area (Å²) in [6, 6.07) is 14.2. The van der Waals surface area contributed by atoms with Gasteiger partial charge in [-0.2, -0.15) is 0 Å². The number of hydrogen-bond acceptors (Lipinski definition) is 4. The Morgan fingerprint density at radius 2 is 1.57 bits per heavy atom. The molecule has 2 aromatic rings. The normalized spacial score (nSPS) is 10.5. The highest BCUT2D eigenvalue weighted by Crippen LogP contribution is 2.28. The molecular formula is C19H26N2O2. The van der Waals surface area contributed by atoms with Gasteiger partial charge in [0.05, 0.1) is 19.9 Å². The molecule has 0 atom stereocenters. The highest BCUT2D eigenvalue weighted by Gasteiger charge is 2.06. The van der Waals surface area contributed by atoms with E-state index in [1.807, 2.05) is 18.2 Å². The van der Waals surface area contributed by atoms with Crippen LogP contribution in [-0.4, -0.2) is 27.3 Å². The molecule has 0 heterocycles. The van der Waals surface area contributed by atoms with Crippen LogP contribution in [0, 0.1) is 0 Å². The van der Waals surface area contributed by atoms with Crippen molar-refractivity contribution in [2.24, 2.45) is 0 Å². The average molecular weight is 314 g/mol. The molecule has 0 radical (unpaired) electrons. The maximum Gasteiger partial charge on any atom is 0.142 e. The standard InChI is InChI=1S/C19H26N2O2/c1-14(2)16-7-5-6-8-17(16)20-11-12-21-18-13-15(22-3)9-10-19(18)23-4/h5-10,13-14,20-21H,11-12H2,1-4H3. The summed E-state index contributed by atoms with van der Waals surface area (Å²) in [5.74, 6) is 2.13. The predicted molar refractivity (Wildman–Crippen MR) is 97.1 cm³/mol. The topological polar surface area (TPSA) is 42.5 Å². The fourth-order valence-corrected chi connectivity index (χ4v) is 2.51. The number of methoxy groups -OCH3 is 2. The lowest BCUT2D eigenvalue weighted by molar-refractivity contribution is 0.404. The number of nitrogens with one attached hydrogen (secondary N) is 2. The molecule has 0 saturated carbocycles. The fraction of sp³-hybridized carbons (Fsp3) is 0.368. The molecule has 0 fully saturated rings. The van der Waals surface area contributed by atoms with E-state index < -0.39 is 0 Å². The van der Waals surface area contributed by atoms with Crippen LogP contribution in [0.3, 0.4) is 0 Å². The van der Waals surface area contributed by atoms with E-state index >= 15 is 0 Å². The molecule has 2 N–H and O–H groups in total. The summed E-state index contributed by atoms with van der Waals surface area (Å²) in [5, 5.41) is 6.89. The van der Waals surface area contributed by atoms with Gasteiger partial charge in [-0.15, -0.1) is 0 Å². The number of para-hydroxylation sites is 1. The van der Waals surface area contributed by atoms with E-state index in [-0.39, 0.29) is 0 Å². The fourth-order valence-electron chi connectivity index (χ4n) is 2.51. The number of anilines is 2. The van der Waals surface area contributed by atoms with Crippen molar-refractivity contribution in [2.75, 3.05) is 37.9 Å². The molecule has 0 saturated heterocycles. The van der Waals surface area contributed by atoms with Crippen LogP contribution in [0.4, 0.5) is 11.4 Å². The van der Waals surface area contributed by atoms with Gasteiger partial charge >= 0.3 is 0 Å². The lowest BCUT2D eigenvalue weighted by Crippen LogP contribution is -2.15. The van der Waals surface area contributed by atoms with Gasteiger partial charge < -0.3 is 20.1 Å². The van der Waals surface area contributed by atoms with Crippen LogP contribution in [0.15, 0.2) is 42.5 Å². The molecule has 124 valence electrons. The summed E-state index contributed by atoms with van der Waals surface area (Å²) in [7, 11) is 3.33. The van der Waals surface area contributed by atoms with Crippen molar-refractivity contribution in [1.29, 1.82) is 0 Å². The van der Waals surface area contributed by atoms with Crippen molar-refractivity contribution >= 4 is 11.4 Å². The zero-order valence-corrected chi connectivity index (χ0v) is 14.3. The van der Waals surface area contributed by atoms with Crippen molar-refractivity contribution in [2.45, 2.75) is 19.8 Å². The summed E-state index contributed by atoms with van der Waals surface area (Å²) in [5.41, 5.74) is 3.47. The van der Waals surface area contributed by atoms with Crippen LogP contribution >= 0.6 is 0 Å². The summed E-state index contributed by atoms with van der Waals surface area (Å²) in [6.07, 6.45) is 0. The first-order valence-electron chi connectivity index (χ1n) is 7.94. The number of rotatable bonds is 8. The molecule has 0 aliphatic carbocycles. The maximum absolute atomic E-state index is 5.37. The van der Waals surface area contributed by atoms with E-state index in [0.717, 1.165) is 30.3 Å². The summed E-state index contributed by atoms with van der Waals surface area (Å²) < 4.78 is 10.6. The SMILES string of the molecule is COc1ccc(OC)c(NCCNc2ccccc2C(C)C)c1. The molecule has 0 aromatic heterocycles. The molecule has 0 aliphatic rings. The Kier molecular flexibility index (Phi) is 6.15. The average Bonchev–Trinajstić information content (AvgIpc) is 2.58. The van der Waals surface area contributed by atoms with Crippen LogP contribution in [0.2, 0.25) is 0 Å². The van der Waals surface area contributed by atoms with Crippen molar-refractivity contribution in [3.05, 3.63) is 48.0 Å². The van der Waals surface area contributed by atoms with Gasteiger partial charge in [-0.05, 0) is 29.7 Å². The van der Waals surface area contributed by atoms with Gasteiger partial charge in [0.15, 0.2) is 0 Å². The minimum Gasteiger partial charge on any atom is -0.497 e. The summed E-state index contributed by atoms with van der Waals surface area (Å²) in [4.78, 5) is 0. The third kappa shape index (κ3) is 4.55. The molecule has 2 rings (SSSR count). The molecule has 23 heavy (non-hydrogen) atoms. The molecule has 4 heteroatoms. The highest BCUT2D eigenvalue weighted by molar-refractivity contribution is 5.60. The third-order valence-electron chi connectivity index (χ3n) is 3.75. The molecule has 2 aromatic carbocycles. The van der Waals surface area contributed by atoms with E-state index in [2.05, 4.69) is 48.7 Å². The van der Waals surface area contributed by atoms with E-state index in [0.29, 0.717) is 5.92 Å². The Morgan fingerprint density at radius 3 is 2.22 bits per heavy atom. The monoisotopic (exact) mass is 314 g/mol. The minimum atomic E-state index is 0.505. The van der Waals surface area contributed by atoms with E-state index in [4.69, 9.17) is 9.47 Å². The zero-order chi connectivity index (χ0) is 16.7. The lowest BCUT2D eigenvalue weighted by Gasteiger charge is -2.16. The second-order valence-electron chi connectivity index (χ2n) is 5.66. The van der Waals surface area contributed by atoms with Gasteiger partial charge in [0.25, 0.3) is 0 Å². The first kappa shape index (κ1) is 17.0. The molecule has 0 unspecified atom stereocenters. The van der Waals surface area contributed by atoms with Gasteiger partial charge in [0.2, 0.25) is 0 Å². The van der Waals surface area contributed by atoms with Crippen LogP contribution in [0.5, 0.6) is 11.5 Å². The first-order chi connectivity index (χ1) is 11.2. The minimum absolute atomic E-state index is 0.505. The highest BCUT2D eigenvalue weighted by atomic mass is 16.5. The van der Waals surface area contributed by atoms with Crippen LogP contribution in [-0.2, 0) is 0 Å². The molecule has 0 spiro atoms. The number of ether oxygens (including phenoxy) is 2. The largest absolute Gasteiger partial charge is 0.497 e. The lowest BCUT2D eigenvalue weighted by atomic mass is 10.0. The smallest absolute Gasteiger partial charge is 0.142 e. The van der Waals surface area contributed by atoms with Crippen molar-refractivity contribution < 1.29 is 9.47 Å². The van der Waals surface area contributed by atoms with Gasteiger partial charge in [0, 0.05) is 24.8 Å². The van der Waals surface area contributed by atoms with Crippen LogP contribution < -0.4 is 20.1 Å². The molecule has 0 aliphatic heterocycles. The molecule has 0 bridgehead atoms. The van der Waals surface area contributed by atoms with Crippen molar-refractivity contribution in [3.8, 4) is 11.5 Å². The quantitative estimate of drug-likeness (QED) is 0.711. The predicted octanol–water partition coefficient (Wildman–Crippen LogP) is 4.35. The Hall–Kier alpha value is -2.36. The summed E-state index contributed by atoms with van der Waals surface area (Å²) in [6.45, 7) is 6.03. The van der Waals surface area contributed by atoms with Crippen LogP contribution in [0.25, 0.3) is 0 Å². The van der Waals surface area contributed by atoms with Crippen LogP contribution in [0.1, 0.15) is 25.3 Å². The molecule has 4 nitrogen and oxygen atoms in total. The first-order valence-corrected chi connectivity index (χ1v) is 7.94. The van der Waals surface area contributed by atoms with Gasteiger partial charge in [-0.3, -0.25) is 0 Å². The second kappa shape index (κ2) is 8.32. The van der Waals surface area contributed by atoms with E-state index in [9.17, 15) is 0 Å². The third-order valence-corrected chi connectivity index (χ3v) is 3.75. The van der Waals surface area contributed by atoms with Gasteiger partial charge in [-0.25, -0.2) is 0 Å². The Bertz CT molecular complexity index is 627. The van der Waals surface area contributed by atoms with Gasteiger partial charge in [-0.1, -0.05) is 32.0 Å². The van der Waals surface area contributed by atoms with E-state index in [1.165, 1.54) is 11.3 Å². The van der Waals surface area contributed by atoms with E-state index in [1.54, 1.807) is 14.2 Å². The molecular weight excluding hydrogens is 288 g/mol. The number of hydrogen-bond donors (Lipinski definition) is 2. The summed E-state index contributed by atoms with van der Waals surface area (Å²) >= 11 is 0. The molecule has 0 amide bonds. The Balaban J connectivity index is 1.93. The Morgan fingerprint density at radius 1 is 0.870 bits per heavy atom.